The van der Waals surface area contributed by atoms with Gasteiger partial charge in [0.25, 0.3) is 0 Å². The number of fused-ring (bicyclic) bond motifs is 5. The molecule has 9 atom stereocenters. The molecule has 4 aliphatic carbocycles. The predicted molar refractivity (Wildman–Crippen MR) is 93.3 cm³/mol. The Balaban J connectivity index is 1.64. The van der Waals surface area contributed by atoms with Crippen molar-refractivity contribution >= 4 is 5.78 Å². The van der Waals surface area contributed by atoms with E-state index in [1.54, 1.807) is 0 Å². The summed E-state index contributed by atoms with van der Waals surface area (Å²) in [7, 11) is 0. The molecule has 0 heterocycles. The van der Waals surface area contributed by atoms with Gasteiger partial charge in [-0.15, -0.1) is 0 Å². The summed E-state index contributed by atoms with van der Waals surface area (Å²) in [5, 5.41) is 20.5. The quantitative estimate of drug-likeness (QED) is 0.771. The van der Waals surface area contributed by atoms with Crippen molar-refractivity contribution in [2.75, 3.05) is 0 Å². The van der Waals surface area contributed by atoms with Gasteiger partial charge in [-0.05, 0) is 79.4 Å². The molecule has 0 aromatic carbocycles. The molecule has 0 amide bonds. The van der Waals surface area contributed by atoms with Gasteiger partial charge < -0.3 is 10.2 Å². The van der Waals surface area contributed by atoms with Crippen LogP contribution in [0.15, 0.2) is 0 Å². The minimum atomic E-state index is -0.563. The second kappa shape index (κ2) is 5.54. The Morgan fingerprint density at radius 3 is 2.50 bits per heavy atom. The zero-order valence-corrected chi connectivity index (χ0v) is 15.5. The molecule has 24 heavy (non-hydrogen) atoms. The number of Topliss-reactive ketones (excluding diaryl/α,β-unsaturated/α-hetero) is 1. The van der Waals surface area contributed by atoms with E-state index in [0.717, 1.165) is 25.7 Å². The van der Waals surface area contributed by atoms with E-state index < -0.39 is 12.2 Å². The fraction of sp³-hybridized carbons (Fsp3) is 0.952. The molecule has 0 aromatic rings. The van der Waals surface area contributed by atoms with Crippen LogP contribution in [0.25, 0.3) is 0 Å². The predicted octanol–water partition coefficient (Wildman–Crippen LogP) is 3.57. The number of carbonyl (C=O) groups excluding carboxylic acids is 1. The molecule has 0 unspecified atom stereocenters. The van der Waals surface area contributed by atoms with E-state index in [9.17, 15) is 15.0 Å². The summed E-state index contributed by atoms with van der Waals surface area (Å²) in [4.78, 5) is 12.6. The molecule has 0 aromatic heterocycles. The first-order chi connectivity index (χ1) is 11.3. The summed E-state index contributed by atoms with van der Waals surface area (Å²) in [6, 6.07) is 0. The van der Waals surface area contributed by atoms with E-state index in [1.165, 1.54) is 25.7 Å². The Bertz CT molecular complexity index is 531. The van der Waals surface area contributed by atoms with Gasteiger partial charge in [-0.2, -0.15) is 0 Å². The summed E-state index contributed by atoms with van der Waals surface area (Å²) >= 11 is 0. The van der Waals surface area contributed by atoms with Crippen molar-refractivity contribution in [3.63, 3.8) is 0 Å². The minimum absolute atomic E-state index is 0.149. The molecule has 4 rings (SSSR count). The second-order valence-corrected chi connectivity index (χ2v) is 9.91. The van der Waals surface area contributed by atoms with Crippen LogP contribution in [-0.2, 0) is 4.79 Å². The van der Waals surface area contributed by atoms with E-state index in [-0.39, 0.29) is 16.7 Å². The zero-order valence-electron chi connectivity index (χ0n) is 15.5. The monoisotopic (exact) mass is 334 g/mol. The maximum Gasteiger partial charge on any atom is 0.136 e. The number of carbonyl (C=O) groups is 1. The molecule has 4 fully saturated rings. The average Bonchev–Trinajstić information content (AvgIpc) is 2.78. The van der Waals surface area contributed by atoms with Crippen LogP contribution in [0.2, 0.25) is 0 Å². The van der Waals surface area contributed by atoms with Crippen molar-refractivity contribution in [1.82, 2.24) is 0 Å². The van der Waals surface area contributed by atoms with Crippen LogP contribution in [0.5, 0.6) is 0 Å². The number of aliphatic hydroxyl groups is 2. The Labute approximate surface area is 146 Å². The van der Waals surface area contributed by atoms with E-state index >= 15 is 0 Å². The van der Waals surface area contributed by atoms with E-state index in [1.807, 2.05) is 0 Å². The lowest BCUT2D eigenvalue weighted by Gasteiger charge is -2.61. The van der Waals surface area contributed by atoms with Crippen LogP contribution in [-0.4, -0.2) is 28.2 Å². The fourth-order valence-corrected chi connectivity index (χ4v) is 7.86. The van der Waals surface area contributed by atoms with E-state index in [4.69, 9.17) is 0 Å². The molecule has 136 valence electrons. The molecule has 4 aliphatic rings. The van der Waals surface area contributed by atoms with Crippen molar-refractivity contribution in [3.8, 4) is 0 Å². The molecule has 0 saturated heterocycles. The molecule has 3 heteroatoms. The Morgan fingerprint density at radius 1 is 1.04 bits per heavy atom. The van der Waals surface area contributed by atoms with Crippen LogP contribution in [0.4, 0.5) is 0 Å². The summed E-state index contributed by atoms with van der Waals surface area (Å²) in [6.07, 6.45) is 6.96. The zero-order chi connectivity index (χ0) is 17.3. The number of hydrogen-bond acceptors (Lipinski definition) is 3. The lowest BCUT2D eigenvalue weighted by molar-refractivity contribution is -0.159. The SMILES string of the molecule is CC[C@H]1C(=O)C[C@H]2[C@@H]3CC[C@H]4C[C@@H](O)[C@H](O)C[C@]4(C)[C@H]3CC[C@]12C. The number of ketones is 1. The molecular formula is C21H34O3. The number of aliphatic hydroxyl groups excluding tert-OH is 2. The summed E-state index contributed by atoms with van der Waals surface area (Å²) in [6.45, 7) is 6.94. The lowest BCUT2D eigenvalue weighted by Crippen LogP contribution is -2.56. The van der Waals surface area contributed by atoms with Gasteiger partial charge in [0.1, 0.15) is 5.78 Å². The third-order valence-electron chi connectivity index (χ3n) is 9.14. The number of rotatable bonds is 1. The lowest BCUT2D eigenvalue weighted by atomic mass is 9.44. The Morgan fingerprint density at radius 2 is 1.79 bits per heavy atom. The van der Waals surface area contributed by atoms with Gasteiger partial charge in [-0.1, -0.05) is 20.8 Å². The minimum Gasteiger partial charge on any atom is -0.390 e. The molecule has 0 aliphatic heterocycles. The normalized spacial score (nSPS) is 57.2. The molecule has 3 nitrogen and oxygen atoms in total. The second-order valence-electron chi connectivity index (χ2n) is 9.91. The highest BCUT2D eigenvalue weighted by Crippen LogP contribution is 2.67. The van der Waals surface area contributed by atoms with Gasteiger partial charge in [0.15, 0.2) is 0 Å². The molecule has 0 bridgehead atoms. The van der Waals surface area contributed by atoms with Gasteiger partial charge >= 0.3 is 0 Å². The number of hydrogen-bond donors (Lipinski definition) is 2. The Kier molecular flexibility index (Phi) is 3.93. The molecule has 4 saturated carbocycles. The van der Waals surface area contributed by atoms with Crippen LogP contribution in [0.1, 0.15) is 72.1 Å². The highest BCUT2D eigenvalue weighted by Gasteiger charge is 2.62. The molecule has 0 spiro atoms. The van der Waals surface area contributed by atoms with Gasteiger partial charge in [0.05, 0.1) is 12.2 Å². The first-order valence-corrected chi connectivity index (χ1v) is 10.2. The maximum atomic E-state index is 12.6. The van der Waals surface area contributed by atoms with Crippen molar-refractivity contribution in [2.24, 2.45) is 40.4 Å². The average molecular weight is 335 g/mol. The third-order valence-corrected chi connectivity index (χ3v) is 9.14. The highest BCUT2D eigenvalue weighted by atomic mass is 16.3. The largest absolute Gasteiger partial charge is 0.390 e. The van der Waals surface area contributed by atoms with E-state index in [2.05, 4.69) is 20.8 Å². The fourth-order valence-electron chi connectivity index (χ4n) is 7.86. The first-order valence-electron chi connectivity index (χ1n) is 10.2. The van der Waals surface area contributed by atoms with Crippen LogP contribution in [0.3, 0.4) is 0 Å². The summed E-state index contributed by atoms with van der Waals surface area (Å²) in [5.41, 5.74) is 0.360. The van der Waals surface area contributed by atoms with Crippen LogP contribution >= 0.6 is 0 Å². The molecular weight excluding hydrogens is 300 g/mol. The van der Waals surface area contributed by atoms with Crippen molar-refractivity contribution in [1.29, 1.82) is 0 Å². The van der Waals surface area contributed by atoms with Gasteiger partial charge in [0, 0.05) is 12.3 Å². The molecule has 2 N–H and O–H groups in total. The first kappa shape index (κ1) is 17.0. The van der Waals surface area contributed by atoms with Crippen molar-refractivity contribution in [2.45, 2.75) is 84.3 Å². The van der Waals surface area contributed by atoms with Gasteiger partial charge in [-0.25, -0.2) is 0 Å². The smallest absolute Gasteiger partial charge is 0.136 e. The standard InChI is InChI=1S/C21H34O3/c1-4-14-17(22)10-16-13-6-5-12-9-18(23)19(24)11-21(12,3)15(13)7-8-20(14,16)2/h12-16,18-19,23-24H,4-11H2,1-3H3/t12-,13+,14-,15-,16-,18+,19+,20+,21-/m0/s1. The maximum absolute atomic E-state index is 12.6. The van der Waals surface area contributed by atoms with Crippen molar-refractivity contribution in [3.05, 3.63) is 0 Å². The van der Waals surface area contributed by atoms with Crippen LogP contribution in [0, 0.1) is 40.4 Å². The highest BCUT2D eigenvalue weighted by molar-refractivity contribution is 5.84. The van der Waals surface area contributed by atoms with Gasteiger partial charge in [0.2, 0.25) is 0 Å². The topological polar surface area (TPSA) is 57.5 Å². The van der Waals surface area contributed by atoms with E-state index in [0.29, 0.717) is 29.5 Å². The summed E-state index contributed by atoms with van der Waals surface area (Å²) < 4.78 is 0. The molecule has 0 radical (unpaired) electrons. The van der Waals surface area contributed by atoms with Gasteiger partial charge in [-0.3, -0.25) is 4.79 Å². The summed E-state index contributed by atoms with van der Waals surface area (Å²) in [5.74, 6) is 3.15. The van der Waals surface area contributed by atoms with Crippen molar-refractivity contribution < 1.29 is 15.0 Å². The van der Waals surface area contributed by atoms with Crippen LogP contribution < -0.4 is 0 Å². The third kappa shape index (κ3) is 2.13. The Hall–Kier alpha value is -0.410.